The summed E-state index contributed by atoms with van der Waals surface area (Å²) in [5, 5.41) is 12.5. The van der Waals surface area contributed by atoms with E-state index in [1.165, 1.54) is 4.90 Å². The molecule has 0 radical (unpaired) electrons. The number of alkyl halides is 5. The highest BCUT2D eigenvalue weighted by Gasteiger charge is 2.38. The number of aliphatic carboxylic acids is 1. The normalized spacial score (nSPS) is 14.9. The van der Waals surface area contributed by atoms with Gasteiger partial charge in [-0.2, -0.15) is 13.2 Å². The minimum atomic E-state index is -5.08. The molecule has 0 unspecified atom stereocenters. The van der Waals surface area contributed by atoms with E-state index in [0.717, 1.165) is 11.4 Å². The SMILES string of the molecule is NCC(=O)N1CCC[C@H]1C(=O)NC(=O)CNc1ccc(N(CCCl)CCCl)cc1.O=C(O)C(F)(F)F. The average molecular weight is 558 g/mol. The number of nitrogens with two attached hydrogens (primary N) is 1. The van der Waals surface area contributed by atoms with Crippen LogP contribution in [0.2, 0.25) is 0 Å². The van der Waals surface area contributed by atoms with E-state index in [1.807, 2.05) is 24.3 Å². The highest BCUT2D eigenvalue weighted by Crippen LogP contribution is 2.19. The first-order valence-electron chi connectivity index (χ1n) is 10.8. The van der Waals surface area contributed by atoms with Gasteiger partial charge in [-0.3, -0.25) is 19.7 Å². The van der Waals surface area contributed by atoms with Crippen molar-refractivity contribution in [2.45, 2.75) is 25.1 Å². The van der Waals surface area contributed by atoms with Crippen LogP contribution in [0.15, 0.2) is 24.3 Å². The number of carboxylic acids is 1. The lowest BCUT2D eigenvalue weighted by Crippen LogP contribution is -2.50. The van der Waals surface area contributed by atoms with Crippen LogP contribution in [0, 0.1) is 0 Å². The number of anilines is 2. The van der Waals surface area contributed by atoms with Crippen molar-refractivity contribution in [2.24, 2.45) is 5.73 Å². The molecule has 10 nitrogen and oxygen atoms in total. The van der Waals surface area contributed by atoms with Crippen molar-refractivity contribution in [2.75, 3.05) is 54.7 Å². The number of carboxylic acid groups (broad SMARTS) is 1. The van der Waals surface area contributed by atoms with E-state index in [9.17, 15) is 27.6 Å². The monoisotopic (exact) mass is 557 g/mol. The molecule has 5 N–H and O–H groups in total. The van der Waals surface area contributed by atoms with Crippen molar-refractivity contribution in [3.63, 3.8) is 0 Å². The quantitative estimate of drug-likeness (QED) is 0.317. The Labute approximate surface area is 215 Å². The molecule has 202 valence electrons. The summed E-state index contributed by atoms with van der Waals surface area (Å²) < 4.78 is 31.7. The highest BCUT2D eigenvalue weighted by molar-refractivity contribution is 6.18. The molecule has 1 aromatic carbocycles. The molecule has 1 aromatic rings. The van der Waals surface area contributed by atoms with Gasteiger partial charge in [-0.15, -0.1) is 23.2 Å². The number of hydrogen-bond acceptors (Lipinski definition) is 7. The molecule has 1 aliphatic heterocycles. The molecular weight excluding hydrogens is 530 g/mol. The van der Waals surface area contributed by atoms with E-state index >= 15 is 0 Å². The van der Waals surface area contributed by atoms with Crippen LogP contribution >= 0.6 is 23.2 Å². The summed E-state index contributed by atoms with van der Waals surface area (Å²) in [5.41, 5.74) is 7.11. The number of hydrogen-bond donors (Lipinski definition) is 4. The number of rotatable bonds is 10. The number of carbonyl (C=O) groups excluding carboxylic acids is 3. The van der Waals surface area contributed by atoms with Crippen molar-refractivity contribution >= 4 is 58.3 Å². The van der Waals surface area contributed by atoms with Crippen LogP contribution in [0.4, 0.5) is 24.5 Å². The fraction of sp³-hybridized carbons (Fsp3) is 0.524. The number of imide groups is 1. The van der Waals surface area contributed by atoms with Crippen molar-refractivity contribution in [3.05, 3.63) is 24.3 Å². The fourth-order valence-corrected chi connectivity index (χ4v) is 3.67. The van der Waals surface area contributed by atoms with Gasteiger partial charge in [0.1, 0.15) is 6.04 Å². The number of halogens is 5. The molecule has 0 aromatic heterocycles. The van der Waals surface area contributed by atoms with Gasteiger partial charge in [-0.05, 0) is 37.1 Å². The second kappa shape index (κ2) is 15.4. The highest BCUT2D eigenvalue weighted by atomic mass is 35.5. The second-order valence-electron chi connectivity index (χ2n) is 7.43. The average Bonchev–Trinajstić information content (AvgIpc) is 3.32. The van der Waals surface area contributed by atoms with Crippen LogP contribution in [0.3, 0.4) is 0 Å². The predicted octanol–water partition coefficient (Wildman–Crippen LogP) is 1.61. The number of nitrogens with one attached hydrogen (secondary N) is 2. The lowest BCUT2D eigenvalue weighted by molar-refractivity contribution is -0.192. The molecule has 0 aliphatic carbocycles. The Morgan fingerprint density at radius 1 is 1.11 bits per heavy atom. The lowest BCUT2D eigenvalue weighted by Gasteiger charge is -2.23. The van der Waals surface area contributed by atoms with E-state index in [0.29, 0.717) is 44.2 Å². The van der Waals surface area contributed by atoms with Crippen LogP contribution in [-0.4, -0.2) is 90.4 Å². The summed E-state index contributed by atoms with van der Waals surface area (Å²) in [5.74, 6) is -2.97. The van der Waals surface area contributed by atoms with Gasteiger partial charge in [0, 0.05) is 42.8 Å². The second-order valence-corrected chi connectivity index (χ2v) is 8.19. The van der Waals surface area contributed by atoms with Crippen LogP contribution < -0.4 is 21.3 Å². The molecule has 0 bridgehead atoms. The van der Waals surface area contributed by atoms with Crippen LogP contribution in [0.1, 0.15) is 12.8 Å². The van der Waals surface area contributed by atoms with Gasteiger partial charge < -0.3 is 26.0 Å². The fourth-order valence-electron chi connectivity index (χ4n) is 3.27. The molecule has 2 rings (SSSR count). The number of carbonyl (C=O) groups is 4. The van der Waals surface area contributed by atoms with Gasteiger partial charge in [0.25, 0.3) is 0 Å². The van der Waals surface area contributed by atoms with E-state index in [1.54, 1.807) is 0 Å². The number of amides is 3. The van der Waals surface area contributed by atoms with Crippen molar-refractivity contribution in [3.8, 4) is 0 Å². The summed E-state index contributed by atoms with van der Waals surface area (Å²) in [6.45, 7) is 1.66. The molecule has 1 atom stereocenters. The first-order valence-corrected chi connectivity index (χ1v) is 11.9. The molecule has 1 fully saturated rings. The summed E-state index contributed by atoms with van der Waals surface area (Å²) in [6.07, 6.45) is -3.84. The summed E-state index contributed by atoms with van der Waals surface area (Å²) in [6, 6.07) is 6.89. The number of likely N-dealkylation sites (tertiary alicyclic amines) is 1. The largest absolute Gasteiger partial charge is 0.490 e. The smallest absolute Gasteiger partial charge is 0.475 e. The van der Waals surface area contributed by atoms with Gasteiger partial charge in [0.05, 0.1) is 13.1 Å². The predicted molar refractivity (Wildman–Crippen MR) is 129 cm³/mol. The van der Waals surface area contributed by atoms with E-state index in [-0.39, 0.29) is 19.0 Å². The molecule has 0 spiro atoms. The number of benzene rings is 1. The summed E-state index contributed by atoms with van der Waals surface area (Å²) >= 11 is 11.6. The Kier molecular flexibility index (Phi) is 13.3. The third-order valence-electron chi connectivity index (χ3n) is 4.95. The zero-order chi connectivity index (χ0) is 27.3. The third kappa shape index (κ3) is 10.5. The topological polar surface area (TPSA) is 145 Å². The summed E-state index contributed by atoms with van der Waals surface area (Å²) in [7, 11) is 0. The Balaban J connectivity index is 0.000000809. The van der Waals surface area contributed by atoms with Crippen LogP contribution in [-0.2, 0) is 19.2 Å². The van der Waals surface area contributed by atoms with Crippen LogP contribution in [0.25, 0.3) is 0 Å². The minimum absolute atomic E-state index is 0.0598. The molecular formula is C21H28Cl2F3N5O5. The maximum absolute atomic E-state index is 12.3. The number of nitrogens with zero attached hydrogens (tertiary/aromatic N) is 2. The molecule has 1 saturated heterocycles. The van der Waals surface area contributed by atoms with Gasteiger partial charge in [0.2, 0.25) is 17.7 Å². The van der Waals surface area contributed by atoms with E-state index in [2.05, 4.69) is 15.5 Å². The first kappa shape index (κ1) is 31.3. The zero-order valence-electron chi connectivity index (χ0n) is 19.2. The van der Waals surface area contributed by atoms with E-state index in [4.69, 9.17) is 38.8 Å². The van der Waals surface area contributed by atoms with Crippen molar-refractivity contribution < 1.29 is 37.5 Å². The Hall–Kier alpha value is -2.77. The molecule has 0 saturated carbocycles. The summed E-state index contributed by atoms with van der Waals surface area (Å²) in [4.78, 5) is 48.6. The first-order chi connectivity index (χ1) is 16.9. The van der Waals surface area contributed by atoms with Gasteiger partial charge >= 0.3 is 12.1 Å². The molecule has 15 heteroatoms. The molecule has 3 amide bonds. The standard InChI is InChI=1S/C19H27Cl2N5O3.C2HF3O2/c20-7-10-25(11-8-21)15-5-3-14(4-6-15)23-13-17(27)24-19(29)16-2-1-9-26(16)18(28)12-22;3-2(4,5)1(6)7/h3-6,16,23H,1-2,7-13,22H2,(H,24,27,29);(H,6,7)/t16-;/m0./s1. The maximum Gasteiger partial charge on any atom is 0.490 e. The van der Waals surface area contributed by atoms with Gasteiger partial charge in [-0.25, -0.2) is 4.79 Å². The van der Waals surface area contributed by atoms with Crippen molar-refractivity contribution in [1.29, 1.82) is 0 Å². The Bertz CT molecular complexity index is 884. The Morgan fingerprint density at radius 2 is 1.67 bits per heavy atom. The molecule has 1 heterocycles. The van der Waals surface area contributed by atoms with Gasteiger partial charge in [0.15, 0.2) is 0 Å². The van der Waals surface area contributed by atoms with Crippen LogP contribution in [0.5, 0.6) is 0 Å². The van der Waals surface area contributed by atoms with Crippen molar-refractivity contribution in [1.82, 2.24) is 10.2 Å². The van der Waals surface area contributed by atoms with Gasteiger partial charge in [-0.1, -0.05) is 0 Å². The Morgan fingerprint density at radius 3 is 2.14 bits per heavy atom. The van der Waals surface area contributed by atoms with E-state index < -0.39 is 30.0 Å². The lowest BCUT2D eigenvalue weighted by atomic mass is 10.2. The molecule has 1 aliphatic rings. The minimum Gasteiger partial charge on any atom is -0.475 e. The third-order valence-corrected chi connectivity index (χ3v) is 5.29. The maximum atomic E-state index is 12.3. The zero-order valence-corrected chi connectivity index (χ0v) is 20.7. The molecule has 36 heavy (non-hydrogen) atoms.